The lowest BCUT2D eigenvalue weighted by molar-refractivity contribution is -0.143. The summed E-state index contributed by atoms with van der Waals surface area (Å²) < 4.78 is 0. The molecule has 0 amide bonds. The molecule has 4 N–H and O–H groups in total. The zero-order valence-corrected chi connectivity index (χ0v) is 12.8. The lowest BCUT2D eigenvalue weighted by atomic mass is 10.1. The Morgan fingerprint density at radius 3 is 2.67 bits per heavy atom. The second-order valence-corrected chi connectivity index (χ2v) is 5.98. The molecular formula is C15H19N3O2S. The number of aromatic nitrogens is 1. The highest BCUT2D eigenvalue weighted by Crippen LogP contribution is 2.24. The first-order valence-corrected chi connectivity index (χ1v) is 7.65. The fourth-order valence-corrected chi connectivity index (χ4v) is 3.20. The van der Waals surface area contributed by atoms with Gasteiger partial charge in [0.1, 0.15) is 5.01 Å². The van der Waals surface area contributed by atoms with Gasteiger partial charge in [-0.05, 0) is 24.1 Å². The van der Waals surface area contributed by atoms with E-state index in [1.54, 1.807) is 11.3 Å². The van der Waals surface area contributed by atoms with E-state index in [0.717, 1.165) is 35.7 Å². The zero-order chi connectivity index (χ0) is 15.2. The largest absolute Gasteiger partial charge is 0.399 e. The van der Waals surface area contributed by atoms with Crippen LogP contribution in [0.4, 0.5) is 5.69 Å². The number of benzene rings is 1. The molecule has 0 bridgehead atoms. The summed E-state index contributed by atoms with van der Waals surface area (Å²) in [6.45, 7) is 2.11. The van der Waals surface area contributed by atoms with Gasteiger partial charge in [0.15, 0.2) is 0 Å². The number of carbonyl (C=O) groups is 1. The van der Waals surface area contributed by atoms with E-state index in [1.165, 1.54) is 10.4 Å². The van der Waals surface area contributed by atoms with Crippen LogP contribution in [0.15, 0.2) is 24.3 Å². The predicted molar refractivity (Wildman–Crippen MR) is 83.8 cm³/mol. The number of thiazole rings is 1. The van der Waals surface area contributed by atoms with Gasteiger partial charge in [0.25, 0.3) is 0 Å². The van der Waals surface area contributed by atoms with Crippen LogP contribution < -0.4 is 11.6 Å². The maximum atomic E-state index is 11.3. The quantitative estimate of drug-likeness (QED) is 0.631. The highest BCUT2D eigenvalue weighted by atomic mass is 32.1. The number of nitrogens with two attached hydrogens (primary N) is 2. The number of aryl methyl sites for hydroxylation is 1. The molecule has 0 aliphatic rings. The van der Waals surface area contributed by atoms with Crippen molar-refractivity contribution in [1.82, 2.24) is 4.98 Å². The summed E-state index contributed by atoms with van der Waals surface area (Å²) in [4.78, 5) is 21.2. The third kappa shape index (κ3) is 4.27. The van der Waals surface area contributed by atoms with Gasteiger partial charge in [0.05, 0.1) is 12.1 Å². The average Bonchev–Trinajstić information content (AvgIpc) is 2.83. The number of nitrogens with zero attached hydrogens (tertiary/aromatic N) is 1. The first-order valence-electron chi connectivity index (χ1n) is 6.83. The van der Waals surface area contributed by atoms with Gasteiger partial charge in [0, 0.05) is 17.0 Å². The molecule has 6 heteroatoms. The van der Waals surface area contributed by atoms with Crippen LogP contribution in [0.25, 0.3) is 0 Å². The van der Waals surface area contributed by atoms with Gasteiger partial charge >= 0.3 is 5.97 Å². The molecule has 0 saturated carbocycles. The monoisotopic (exact) mass is 305 g/mol. The molecule has 2 rings (SSSR count). The Labute approximate surface area is 127 Å². The molecule has 21 heavy (non-hydrogen) atoms. The number of rotatable bonds is 6. The molecule has 5 nitrogen and oxygen atoms in total. The maximum Gasteiger partial charge on any atom is 0.331 e. The average molecular weight is 305 g/mol. The van der Waals surface area contributed by atoms with Crippen molar-refractivity contribution in [3.8, 4) is 0 Å². The van der Waals surface area contributed by atoms with E-state index in [0.29, 0.717) is 0 Å². The van der Waals surface area contributed by atoms with E-state index < -0.39 is 5.97 Å². The lowest BCUT2D eigenvalue weighted by Crippen LogP contribution is -2.12. The Morgan fingerprint density at radius 2 is 2.05 bits per heavy atom. The molecule has 0 radical (unpaired) electrons. The van der Waals surface area contributed by atoms with Crippen molar-refractivity contribution >= 4 is 23.0 Å². The third-order valence-electron chi connectivity index (χ3n) is 3.08. The molecule has 1 aromatic heterocycles. The smallest absolute Gasteiger partial charge is 0.331 e. The normalized spacial score (nSPS) is 10.6. The minimum absolute atomic E-state index is 0.125. The van der Waals surface area contributed by atoms with Gasteiger partial charge in [-0.1, -0.05) is 25.5 Å². The Bertz CT molecular complexity index is 608. The molecule has 1 heterocycles. The first kappa shape index (κ1) is 15.5. The summed E-state index contributed by atoms with van der Waals surface area (Å²) in [6, 6.07) is 7.81. The summed E-state index contributed by atoms with van der Waals surface area (Å²) in [5.74, 6) is 4.41. The molecular weight excluding hydrogens is 286 g/mol. The predicted octanol–water partition coefficient (Wildman–Crippen LogP) is 2.23. The fraction of sp³-hybridized carbons (Fsp3) is 0.333. The Balaban J connectivity index is 2.19. The van der Waals surface area contributed by atoms with E-state index in [4.69, 9.17) is 11.6 Å². The minimum atomic E-state index is -0.467. The van der Waals surface area contributed by atoms with Gasteiger partial charge in [0.2, 0.25) is 0 Å². The summed E-state index contributed by atoms with van der Waals surface area (Å²) in [6.07, 6.45) is 2.84. The number of nitrogen functional groups attached to an aromatic ring is 1. The van der Waals surface area contributed by atoms with Gasteiger partial charge in [-0.25, -0.2) is 9.78 Å². The summed E-state index contributed by atoms with van der Waals surface area (Å²) in [5.41, 5.74) is 8.69. The van der Waals surface area contributed by atoms with Crippen molar-refractivity contribution in [2.24, 2.45) is 5.90 Å². The van der Waals surface area contributed by atoms with Crippen LogP contribution in [0.5, 0.6) is 0 Å². The molecule has 112 valence electrons. The second-order valence-electron chi connectivity index (χ2n) is 4.81. The van der Waals surface area contributed by atoms with Crippen LogP contribution in [-0.2, 0) is 28.9 Å². The Hall–Kier alpha value is -1.92. The van der Waals surface area contributed by atoms with Crippen molar-refractivity contribution in [2.75, 3.05) is 5.73 Å². The molecule has 0 atom stereocenters. The lowest BCUT2D eigenvalue weighted by Gasteiger charge is -2.02. The van der Waals surface area contributed by atoms with Crippen LogP contribution in [-0.4, -0.2) is 11.0 Å². The van der Waals surface area contributed by atoms with Gasteiger partial charge in [-0.15, -0.1) is 11.3 Å². The van der Waals surface area contributed by atoms with E-state index >= 15 is 0 Å². The van der Waals surface area contributed by atoms with E-state index in [2.05, 4.69) is 16.7 Å². The summed E-state index contributed by atoms with van der Waals surface area (Å²) in [7, 11) is 0. The second kappa shape index (κ2) is 7.19. The van der Waals surface area contributed by atoms with Gasteiger partial charge < -0.3 is 10.6 Å². The topological polar surface area (TPSA) is 91.2 Å². The summed E-state index contributed by atoms with van der Waals surface area (Å²) in [5, 5.41) is 0.749. The van der Waals surface area contributed by atoms with Crippen LogP contribution >= 0.6 is 11.3 Å². The van der Waals surface area contributed by atoms with Crippen molar-refractivity contribution in [3.63, 3.8) is 0 Å². The Kier molecular flexibility index (Phi) is 5.30. The van der Waals surface area contributed by atoms with Gasteiger partial charge in [-0.2, -0.15) is 5.90 Å². The standard InChI is InChI=1S/C15H19N3O2S/c1-2-3-12-13(8-10-4-6-11(16)7-5-10)21-14(18-12)9-15(19)20-17/h4-7H,2-3,8-9,16-17H2,1H3. The van der Waals surface area contributed by atoms with Crippen molar-refractivity contribution in [2.45, 2.75) is 32.6 Å². The third-order valence-corrected chi connectivity index (χ3v) is 4.18. The van der Waals surface area contributed by atoms with Crippen LogP contribution in [0.3, 0.4) is 0 Å². The number of carbonyl (C=O) groups excluding carboxylic acids is 1. The molecule has 0 aliphatic heterocycles. The molecule has 2 aromatic rings. The highest BCUT2D eigenvalue weighted by molar-refractivity contribution is 7.11. The van der Waals surface area contributed by atoms with E-state index in [9.17, 15) is 4.79 Å². The molecule has 0 fully saturated rings. The number of anilines is 1. The van der Waals surface area contributed by atoms with Crippen molar-refractivity contribution in [1.29, 1.82) is 0 Å². The molecule has 0 unspecified atom stereocenters. The molecule has 0 saturated heterocycles. The molecule has 1 aromatic carbocycles. The number of hydrogen-bond donors (Lipinski definition) is 2. The fourth-order valence-electron chi connectivity index (χ4n) is 2.07. The van der Waals surface area contributed by atoms with E-state index in [1.807, 2.05) is 24.3 Å². The maximum absolute atomic E-state index is 11.3. The van der Waals surface area contributed by atoms with Crippen LogP contribution in [0.2, 0.25) is 0 Å². The van der Waals surface area contributed by atoms with Crippen molar-refractivity contribution in [3.05, 3.63) is 45.4 Å². The number of hydrogen-bond acceptors (Lipinski definition) is 6. The van der Waals surface area contributed by atoms with E-state index in [-0.39, 0.29) is 6.42 Å². The minimum Gasteiger partial charge on any atom is -0.399 e. The SMILES string of the molecule is CCCc1nc(CC(=O)ON)sc1Cc1ccc(N)cc1. The first-order chi connectivity index (χ1) is 10.1. The van der Waals surface area contributed by atoms with Crippen LogP contribution in [0.1, 0.15) is 34.5 Å². The van der Waals surface area contributed by atoms with Crippen LogP contribution in [0, 0.1) is 0 Å². The Morgan fingerprint density at radius 1 is 1.33 bits per heavy atom. The zero-order valence-electron chi connectivity index (χ0n) is 12.0. The van der Waals surface area contributed by atoms with Gasteiger partial charge in [-0.3, -0.25) is 0 Å². The summed E-state index contributed by atoms with van der Waals surface area (Å²) >= 11 is 1.54. The highest BCUT2D eigenvalue weighted by Gasteiger charge is 2.14. The molecule has 0 aliphatic carbocycles. The van der Waals surface area contributed by atoms with Crippen molar-refractivity contribution < 1.29 is 9.63 Å². The molecule has 0 spiro atoms.